The van der Waals surface area contributed by atoms with Crippen molar-refractivity contribution in [2.24, 2.45) is 0 Å². The van der Waals surface area contributed by atoms with Gasteiger partial charge in [-0.2, -0.15) is 0 Å². The van der Waals surface area contributed by atoms with E-state index in [4.69, 9.17) is 14.5 Å². The Labute approximate surface area is 578 Å². The van der Waals surface area contributed by atoms with E-state index in [-0.39, 0.29) is 124 Å². The molecular formula is C65H91N13O18S2. The molecule has 31 nitrogen and oxygen atoms in total. The molecule has 0 radical (unpaired) electrons. The van der Waals surface area contributed by atoms with Gasteiger partial charge in [0.2, 0.25) is 11.8 Å². The molecule has 0 spiro atoms. The van der Waals surface area contributed by atoms with E-state index in [0.29, 0.717) is 134 Å². The summed E-state index contributed by atoms with van der Waals surface area (Å²) in [6, 6.07) is 4.23. The van der Waals surface area contributed by atoms with Gasteiger partial charge in [-0.3, -0.25) is 67.3 Å². The molecule has 6 aliphatic rings. The first-order valence-electron chi connectivity index (χ1n) is 33.6. The van der Waals surface area contributed by atoms with E-state index >= 15 is 0 Å². The number of thioether (sulfide) groups is 2. The molecule has 2 aromatic heterocycles. The van der Waals surface area contributed by atoms with E-state index < -0.39 is 53.4 Å². The average Bonchev–Trinajstić information content (AvgIpc) is 1.12. The lowest BCUT2D eigenvalue weighted by Crippen LogP contribution is -2.50. The van der Waals surface area contributed by atoms with Gasteiger partial charge in [0, 0.05) is 199 Å². The number of hydrogen-bond acceptors (Lipinski definition) is 28. The maximum Gasteiger partial charge on any atom is 0.334 e. The number of hydroxylamine groups is 6. The highest BCUT2D eigenvalue weighted by molar-refractivity contribution is 8.00. The predicted molar refractivity (Wildman–Crippen MR) is 350 cm³/mol. The Morgan fingerprint density at radius 1 is 0.439 bits per heavy atom. The van der Waals surface area contributed by atoms with Gasteiger partial charge in [0.25, 0.3) is 35.4 Å². The molecule has 33 heteroatoms. The Bertz CT molecular complexity index is 3030. The zero-order chi connectivity index (χ0) is 70.8. The molecule has 0 aliphatic carbocycles. The first-order chi connectivity index (χ1) is 47.1. The van der Waals surface area contributed by atoms with Crippen molar-refractivity contribution in [2.45, 2.75) is 184 Å². The molecular weight excluding hydrogens is 1310 g/mol. The number of amides is 8. The number of likely N-dealkylation sites (tertiary alicyclic amines) is 1. The van der Waals surface area contributed by atoms with Crippen LogP contribution in [0.3, 0.4) is 0 Å². The number of carbonyl (C=O) groups is 15. The van der Waals surface area contributed by atoms with Gasteiger partial charge >= 0.3 is 17.9 Å². The Morgan fingerprint density at radius 2 is 0.786 bits per heavy atom. The summed E-state index contributed by atoms with van der Waals surface area (Å²) >= 11 is 2.57. The number of rotatable bonds is 36. The second-order valence-electron chi connectivity index (χ2n) is 24.4. The Balaban J connectivity index is 0.000000234. The van der Waals surface area contributed by atoms with Gasteiger partial charge in [-0.05, 0) is 71.0 Å². The molecule has 2 aromatic rings. The fourth-order valence-electron chi connectivity index (χ4n) is 11.1. The molecule has 6 fully saturated rings. The van der Waals surface area contributed by atoms with E-state index in [1.54, 1.807) is 41.8 Å². The van der Waals surface area contributed by atoms with Crippen LogP contribution in [0, 0.1) is 0 Å². The fourth-order valence-corrected chi connectivity index (χ4v) is 12.6. The SMILES string of the molecule is CC1CCCC(C)N1CC(=O)NCCC(=O)N1CCN(CCC(=O)ON2C(=O)CCC2=O)CC1.O=C(CCCC(=O)CSc1ncccn1)CCCC(=O)ON1C(=O)CCC1=O.O=C(CCCC(=O)CSc1ncccn1)CCCN1CCN(CCC(=O)ON2C(=O)CCC2=O)CC1. The number of ketones is 4. The minimum absolute atomic E-state index is 0.00475. The summed E-state index contributed by atoms with van der Waals surface area (Å²) in [7, 11) is 0. The number of carbonyl (C=O) groups excluding carboxylic acids is 15. The molecule has 8 rings (SSSR count). The first kappa shape index (κ1) is 79.1. The van der Waals surface area contributed by atoms with Gasteiger partial charge in [0.1, 0.15) is 23.1 Å². The standard InChI is InChI=1S/C24H33N5O6S.C23H37N5O6.C18H21N3O6S/c30-19(4-1-5-20(31)18-36-24-25-10-3-11-26-24)6-2-12-27-14-16-28(17-15-27)13-9-23(34)35-29-21(32)7-8-22(29)33;1-17-4-3-5-18(2)27(17)16-19(29)24-10-8-20(30)26-14-12-25(13-15-26)11-9-23(33)34-28-21(31)6-7-22(28)32;22-13(4-1-6-14(23)12-28-18-19-10-3-11-20-18)5-2-7-17(26)27-21-15(24)8-9-16(21)25/h3,10-11H,1-2,4-9,12-18H2;17-18H,3-16H2,1-2H3,(H,24,29);3,10-11H,1-2,4-9,12H2. The third-order valence-electron chi connectivity index (χ3n) is 16.8. The van der Waals surface area contributed by atoms with Gasteiger partial charge in [-0.1, -0.05) is 29.9 Å². The number of aromatic nitrogens is 4. The van der Waals surface area contributed by atoms with E-state index in [1.165, 1.54) is 29.9 Å². The molecule has 6 aliphatic heterocycles. The lowest BCUT2D eigenvalue weighted by atomic mass is 9.97. The fraction of sp³-hybridized carbons (Fsp3) is 0.646. The summed E-state index contributed by atoms with van der Waals surface area (Å²) in [5, 5.41) is 5.63. The summed E-state index contributed by atoms with van der Waals surface area (Å²) in [5.74, 6) is -4.08. The van der Waals surface area contributed by atoms with Crippen LogP contribution in [0.4, 0.5) is 0 Å². The number of piperazine rings is 2. The van der Waals surface area contributed by atoms with Crippen molar-refractivity contribution in [1.29, 1.82) is 0 Å². The highest BCUT2D eigenvalue weighted by atomic mass is 32.2. The maximum atomic E-state index is 12.5. The minimum atomic E-state index is -0.716. The molecule has 536 valence electrons. The molecule has 2 atom stereocenters. The van der Waals surface area contributed by atoms with Crippen LogP contribution in [0.15, 0.2) is 47.2 Å². The van der Waals surface area contributed by atoms with E-state index in [2.05, 4.69) is 53.8 Å². The van der Waals surface area contributed by atoms with Gasteiger partial charge in [0.15, 0.2) is 10.3 Å². The molecule has 0 saturated carbocycles. The molecule has 1 N–H and O–H groups in total. The van der Waals surface area contributed by atoms with Crippen molar-refractivity contribution >= 4 is 112 Å². The Kier molecular flexibility index (Phi) is 34.6. The summed E-state index contributed by atoms with van der Waals surface area (Å²) in [6.45, 7) is 12.4. The summed E-state index contributed by atoms with van der Waals surface area (Å²) in [4.78, 5) is 218. The molecule has 8 heterocycles. The number of hydrogen-bond donors (Lipinski definition) is 1. The lowest BCUT2D eigenvalue weighted by molar-refractivity contribution is -0.197. The van der Waals surface area contributed by atoms with Crippen LogP contribution in [-0.2, 0) is 86.4 Å². The van der Waals surface area contributed by atoms with Crippen LogP contribution in [0.25, 0.3) is 0 Å². The lowest BCUT2D eigenvalue weighted by Gasteiger charge is -2.38. The second-order valence-corrected chi connectivity index (χ2v) is 26.3. The highest BCUT2D eigenvalue weighted by Crippen LogP contribution is 2.23. The summed E-state index contributed by atoms with van der Waals surface area (Å²) in [5.41, 5.74) is 0. The van der Waals surface area contributed by atoms with Crippen molar-refractivity contribution in [2.75, 3.05) is 96.6 Å². The first-order valence-corrected chi connectivity index (χ1v) is 35.6. The Hall–Kier alpha value is -7.85. The molecule has 2 unspecified atom stereocenters. The summed E-state index contributed by atoms with van der Waals surface area (Å²) < 4.78 is 0. The van der Waals surface area contributed by atoms with Crippen molar-refractivity contribution in [3.05, 3.63) is 36.9 Å². The molecule has 0 aromatic carbocycles. The predicted octanol–water partition coefficient (Wildman–Crippen LogP) is 2.82. The Morgan fingerprint density at radius 3 is 1.19 bits per heavy atom. The third-order valence-corrected chi connectivity index (χ3v) is 18.7. The molecule has 0 bridgehead atoms. The van der Waals surface area contributed by atoms with Crippen molar-refractivity contribution in [3.8, 4) is 0 Å². The molecule has 98 heavy (non-hydrogen) atoms. The van der Waals surface area contributed by atoms with E-state index in [9.17, 15) is 71.9 Å². The highest BCUT2D eigenvalue weighted by Gasteiger charge is 2.36. The van der Waals surface area contributed by atoms with Crippen LogP contribution < -0.4 is 5.32 Å². The zero-order valence-electron chi connectivity index (χ0n) is 56.0. The maximum absolute atomic E-state index is 12.5. The van der Waals surface area contributed by atoms with Crippen molar-refractivity contribution in [1.82, 2.24) is 64.9 Å². The number of Topliss-reactive ketones (excluding diaryl/α,β-unsaturated/α-hetero) is 4. The number of piperidine rings is 1. The minimum Gasteiger partial charge on any atom is -0.354 e. The van der Waals surface area contributed by atoms with Gasteiger partial charge < -0.3 is 34.5 Å². The quantitative estimate of drug-likeness (QED) is 0.0582. The topological polar surface area (TPSA) is 373 Å². The largest absolute Gasteiger partial charge is 0.354 e. The number of imide groups is 3. The zero-order valence-corrected chi connectivity index (χ0v) is 57.7. The van der Waals surface area contributed by atoms with Crippen LogP contribution in [0.2, 0.25) is 0 Å². The second kappa shape index (κ2) is 42.8. The van der Waals surface area contributed by atoms with Crippen LogP contribution >= 0.6 is 23.5 Å². The monoisotopic (exact) mass is 1410 g/mol. The van der Waals surface area contributed by atoms with E-state index in [1.807, 2.05) is 4.90 Å². The number of nitrogens with one attached hydrogen (secondary N) is 1. The van der Waals surface area contributed by atoms with Crippen LogP contribution in [-0.4, -0.2) is 257 Å². The van der Waals surface area contributed by atoms with Gasteiger partial charge in [-0.25, -0.2) is 34.3 Å². The number of nitrogens with zero attached hydrogens (tertiary/aromatic N) is 12. The van der Waals surface area contributed by atoms with Crippen LogP contribution in [0.5, 0.6) is 0 Å². The van der Waals surface area contributed by atoms with Gasteiger partial charge in [0.05, 0.1) is 30.9 Å². The van der Waals surface area contributed by atoms with Crippen molar-refractivity contribution < 1.29 is 86.4 Å². The van der Waals surface area contributed by atoms with Crippen molar-refractivity contribution in [3.63, 3.8) is 0 Å². The molecule has 8 amide bonds. The smallest absolute Gasteiger partial charge is 0.334 e. The average molecular weight is 1410 g/mol. The van der Waals surface area contributed by atoms with Crippen LogP contribution in [0.1, 0.15) is 162 Å². The van der Waals surface area contributed by atoms with Gasteiger partial charge in [-0.15, -0.1) is 15.2 Å². The summed E-state index contributed by atoms with van der Waals surface area (Å²) in [6.07, 6.45) is 14.9. The third kappa shape index (κ3) is 29.3. The van der Waals surface area contributed by atoms with E-state index in [0.717, 1.165) is 52.0 Å². The molecule has 6 saturated heterocycles. The normalized spacial score (nSPS) is 18.6.